The number of hydrogen-bond donors (Lipinski definition) is 1. The third-order valence-corrected chi connectivity index (χ3v) is 7.41. The predicted molar refractivity (Wildman–Crippen MR) is 118 cm³/mol. The Morgan fingerprint density at radius 2 is 1.59 bits per heavy atom. The minimum atomic E-state index is -4.60. The van der Waals surface area contributed by atoms with Gasteiger partial charge in [-0.25, -0.2) is 13.1 Å². The number of aromatic nitrogens is 3. The van der Waals surface area contributed by atoms with Crippen LogP contribution in [0.3, 0.4) is 0 Å². The Morgan fingerprint density at radius 1 is 0.941 bits per heavy atom. The fourth-order valence-electron chi connectivity index (χ4n) is 3.74. The van der Waals surface area contributed by atoms with Gasteiger partial charge in [0.25, 0.3) is 5.91 Å². The molecule has 4 rings (SSSR count). The number of sulfonamides is 1. The van der Waals surface area contributed by atoms with Gasteiger partial charge in [-0.3, -0.25) is 4.79 Å². The van der Waals surface area contributed by atoms with Crippen molar-refractivity contribution in [3.8, 4) is 5.69 Å². The maximum absolute atomic E-state index is 13.3. The minimum Gasteiger partial charge on any atom is -0.321 e. The van der Waals surface area contributed by atoms with Crippen LogP contribution in [0.2, 0.25) is 0 Å². The second-order valence-electron chi connectivity index (χ2n) is 7.86. The molecule has 1 saturated heterocycles. The number of nitrogens with zero attached hydrogens (tertiary/aromatic N) is 4. The fourth-order valence-corrected chi connectivity index (χ4v) is 5.25. The lowest BCUT2D eigenvalue weighted by atomic mass is 10.1. The smallest absolute Gasteiger partial charge is 0.321 e. The number of carbonyl (C=O) groups is 1. The van der Waals surface area contributed by atoms with Gasteiger partial charge in [0.1, 0.15) is 0 Å². The van der Waals surface area contributed by atoms with E-state index >= 15 is 0 Å². The second kappa shape index (κ2) is 9.55. The lowest BCUT2D eigenvalue weighted by Gasteiger charge is -2.20. The van der Waals surface area contributed by atoms with Gasteiger partial charge in [0.15, 0.2) is 5.69 Å². The van der Waals surface area contributed by atoms with E-state index in [-0.39, 0.29) is 16.3 Å². The van der Waals surface area contributed by atoms with Crippen LogP contribution >= 0.6 is 0 Å². The number of rotatable bonds is 5. The second-order valence-corrected chi connectivity index (χ2v) is 9.80. The van der Waals surface area contributed by atoms with Gasteiger partial charge in [-0.1, -0.05) is 30.2 Å². The van der Waals surface area contributed by atoms with Crippen LogP contribution in [-0.2, 0) is 16.2 Å². The monoisotopic (exact) mass is 493 g/mol. The van der Waals surface area contributed by atoms with E-state index < -0.39 is 27.7 Å². The Kier molecular flexibility index (Phi) is 6.71. The van der Waals surface area contributed by atoms with Gasteiger partial charge >= 0.3 is 6.18 Å². The zero-order valence-corrected chi connectivity index (χ0v) is 18.8. The number of hydrogen-bond acceptors (Lipinski definition) is 5. The number of halogens is 3. The molecule has 8 nitrogen and oxygen atoms in total. The molecular weight excluding hydrogens is 471 g/mol. The van der Waals surface area contributed by atoms with Gasteiger partial charge in [0, 0.05) is 18.8 Å². The molecule has 0 spiro atoms. The topological polar surface area (TPSA) is 97.2 Å². The molecule has 1 N–H and O–H groups in total. The van der Waals surface area contributed by atoms with Crippen molar-refractivity contribution < 1.29 is 26.4 Å². The molecule has 0 bridgehead atoms. The van der Waals surface area contributed by atoms with E-state index in [1.165, 1.54) is 46.8 Å². The maximum Gasteiger partial charge on any atom is 0.418 e. The van der Waals surface area contributed by atoms with E-state index in [4.69, 9.17) is 0 Å². The van der Waals surface area contributed by atoms with Crippen LogP contribution in [0, 0.1) is 0 Å². The van der Waals surface area contributed by atoms with Gasteiger partial charge in [-0.2, -0.15) is 17.5 Å². The molecule has 12 heteroatoms. The number of amides is 1. The van der Waals surface area contributed by atoms with Crippen molar-refractivity contribution in [1.29, 1.82) is 0 Å². The Morgan fingerprint density at radius 3 is 2.24 bits per heavy atom. The first kappa shape index (κ1) is 23.9. The number of anilines is 1. The summed E-state index contributed by atoms with van der Waals surface area (Å²) in [5.74, 6) is -0.695. The summed E-state index contributed by atoms with van der Waals surface area (Å²) in [4.78, 5) is 12.7. The highest BCUT2D eigenvalue weighted by Gasteiger charge is 2.34. The zero-order chi connectivity index (χ0) is 24.3. The highest BCUT2D eigenvalue weighted by molar-refractivity contribution is 7.89. The lowest BCUT2D eigenvalue weighted by Crippen LogP contribution is -2.31. The highest BCUT2D eigenvalue weighted by atomic mass is 32.2. The normalized spacial score (nSPS) is 15.6. The summed E-state index contributed by atoms with van der Waals surface area (Å²) in [6.45, 7) is 0.960. The Balaban J connectivity index is 1.48. The Hall–Kier alpha value is -3.25. The molecule has 3 aromatic rings. The summed E-state index contributed by atoms with van der Waals surface area (Å²) >= 11 is 0. The van der Waals surface area contributed by atoms with Crippen molar-refractivity contribution in [3.05, 3.63) is 66.0 Å². The summed E-state index contributed by atoms with van der Waals surface area (Å²) < 4.78 is 67.9. The predicted octanol–water partition coefficient (Wildman–Crippen LogP) is 4.10. The van der Waals surface area contributed by atoms with Crippen LogP contribution in [0.15, 0.2) is 59.6 Å². The van der Waals surface area contributed by atoms with Crippen molar-refractivity contribution in [2.45, 2.75) is 36.8 Å². The molecule has 1 fully saturated rings. The maximum atomic E-state index is 13.3. The van der Waals surface area contributed by atoms with Gasteiger partial charge in [0.05, 0.1) is 22.3 Å². The largest absolute Gasteiger partial charge is 0.418 e. The van der Waals surface area contributed by atoms with Crippen molar-refractivity contribution in [3.63, 3.8) is 0 Å². The number of nitrogens with one attached hydrogen (secondary N) is 1. The van der Waals surface area contributed by atoms with Gasteiger partial charge < -0.3 is 5.32 Å². The van der Waals surface area contributed by atoms with Gasteiger partial charge in [-0.15, -0.1) is 5.10 Å². The molecule has 2 heterocycles. The molecule has 0 saturated carbocycles. The highest BCUT2D eigenvalue weighted by Crippen LogP contribution is 2.33. The van der Waals surface area contributed by atoms with Crippen molar-refractivity contribution in [2.75, 3.05) is 18.4 Å². The number of benzene rings is 2. The summed E-state index contributed by atoms with van der Waals surface area (Å²) in [5, 5.41) is 9.87. The minimum absolute atomic E-state index is 0.127. The van der Waals surface area contributed by atoms with Crippen LogP contribution in [-0.4, -0.2) is 46.7 Å². The summed E-state index contributed by atoms with van der Waals surface area (Å²) in [5.41, 5.74) is -1.05. The molecule has 1 aliphatic heterocycles. The van der Waals surface area contributed by atoms with E-state index in [9.17, 15) is 26.4 Å². The van der Waals surface area contributed by atoms with Crippen molar-refractivity contribution >= 4 is 21.6 Å². The van der Waals surface area contributed by atoms with Crippen LogP contribution in [0.5, 0.6) is 0 Å². The summed E-state index contributed by atoms with van der Waals surface area (Å²) in [6.07, 6.45) is 0.147. The SMILES string of the molecule is O=C(Nc1ccc(S(=O)(=O)N2CCCCCC2)cc1)c1cn(-c2ccccc2C(F)(F)F)nn1. The fraction of sp³-hybridized carbons (Fsp3) is 0.318. The first-order chi connectivity index (χ1) is 16.2. The quantitative estimate of drug-likeness (QED) is 0.577. The first-order valence-corrected chi connectivity index (χ1v) is 12.1. The van der Waals surface area contributed by atoms with E-state index in [1.54, 1.807) is 0 Å². The third-order valence-electron chi connectivity index (χ3n) is 5.50. The van der Waals surface area contributed by atoms with E-state index in [2.05, 4.69) is 15.6 Å². The molecule has 1 aromatic heterocycles. The van der Waals surface area contributed by atoms with Crippen molar-refractivity contribution in [2.24, 2.45) is 0 Å². The van der Waals surface area contributed by atoms with Gasteiger partial charge in [-0.05, 0) is 49.2 Å². The lowest BCUT2D eigenvalue weighted by molar-refractivity contribution is -0.137. The molecule has 1 aliphatic rings. The zero-order valence-electron chi connectivity index (χ0n) is 18.0. The molecule has 0 atom stereocenters. The van der Waals surface area contributed by atoms with E-state index in [0.29, 0.717) is 18.8 Å². The number of alkyl halides is 3. The molecule has 0 radical (unpaired) electrons. The van der Waals surface area contributed by atoms with Crippen LogP contribution in [0.25, 0.3) is 5.69 Å². The summed E-state index contributed by atoms with van der Waals surface area (Å²) in [7, 11) is -3.62. The van der Waals surface area contributed by atoms with Crippen molar-refractivity contribution in [1.82, 2.24) is 19.3 Å². The molecule has 34 heavy (non-hydrogen) atoms. The number of para-hydroxylation sites is 1. The standard InChI is InChI=1S/C22H22F3N5O3S/c23-22(24,25)18-7-3-4-8-20(18)30-15-19(27-28-30)21(31)26-16-9-11-17(12-10-16)34(32,33)29-13-5-1-2-6-14-29/h3-4,7-12,15H,1-2,5-6,13-14H2,(H,26,31). The van der Waals surface area contributed by atoms with Crippen LogP contribution < -0.4 is 5.32 Å². The number of carbonyl (C=O) groups excluding carboxylic acids is 1. The van der Waals surface area contributed by atoms with Gasteiger partial charge in [0.2, 0.25) is 10.0 Å². The molecule has 1 amide bonds. The van der Waals surface area contributed by atoms with E-state index in [0.717, 1.165) is 42.6 Å². The average molecular weight is 494 g/mol. The molecule has 2 aromatic carbocycles. The van der Waals surface area contributed by atoms with E-state index in [1.807, 2.05) is 0 Å². The molecular formula is C22H22F3N5O3S. The average Bonchev–Trinajstić information content (AvgIpc) is 3.13. The Labute approximate surface area is 194 Å². The molecule has 0 unspecified atom stereocenters. The summed E-state index contributed by atoms with van der Waals surface area (Å²) in [6, 6.07) is 10.5. The Bertz CT molecular complexity index is 1270. The van der Waals surface area contributed by atoms with Crippen LogP contribution in [0.1, 0.15) is 41.7 Å². The third kappa shape index (κ3) is 5.12. The van der Waals surface area contributed by atoms with Crippen LogP contribution in [0.4, 0.5) is 18.9 Å². The molecule has 0 aliphatic carbocycles. The first-order valence-electron chi connectivity index (χ1n) is 10.7. The molecule has 180 valence electrons.